The highest BCUT2D eigenvalue weighted by Gasteiger charge is 2.12. The lowest BCUT2D eigenvalue weighted by molar-refractivity contribution is -0.125. The summed E-state index contributed by atoms with van der Waals surface area (Å²) in [6.45, 7) is 0.620. The van der Waals surface area contributed by atoms with Crippen LogP contribution in [-0.2, 0) is 9.59 Å². The molecule has 2 rings (SSSR count). The van der Waals surface area contributed by atoms with Crippen molar-refractivity contribution in [1.82, 2.24) is 5.32 Å². The quantitative estimate of drug-likeness (QED) is 0.671. The average molecular weight is 423 g/mol. The lowest BCUT2D eigenvalue weighted by Gasteiger charge is -2.11. The Morgan fingerprint density at radius 2 is 1.85 bits per heavy atom. The standard InChI is InChI=1S/C18H16BrFN2O4/c1-11(23)13-8-12(20)6-7-16(13)26-10-18(25)21-9-17(24)22-15-5-3-2-4-14(15)19/h2-8H,9-10H2,1H3,(H,21,25)(H,22,24). The Labute approximate surface area is 157 Å². The van der Waals surface area contributed by atoms with Gasteiger partial charge in [-0.2, -0.15) is 0 Å². The van der Waals surface area contributed by atoms with Crippen molar-refractivity contribution < 1.29 is 23.5 Å². The summed E-state index contributed by atoms with van der Waals surface area (Å²) in [5.41, 5.74) is 0.630. The summed E-state index contributed by atoms with van der Waals surface area (Å²) in [6.07, 6.45) is 0. The SMILES string of the molecule is CC(=O)c1cc(F)ccc1OCC(=O)NCC(=O)Nc1ccccc1Br. The van der Waals surface area contributed by atoms with Gasteiger partial charge in [0, 0.05) is 4.47 Å². The number of hydrogen-bond donors (Lipinski definition) is 2. The van der Waals surface area contributed by atoms with Gasteiger partial charge in [0.25, 0.3) is 5.91 Å². The predicted octanol–water partition coefficient (Wildman–Crippen LogP) is 2.92. The fraction of sp³-hybridized carbons (Fsp3) is 0.167. The first-order valence-corrected chi connectivity index (χ1v) is 8.40. The summed E-state index contributed by atoms with van der Waals surface area (Å²) < 4.78 is 19.2. The van der Waals surface area contributed by atoms with Crippen LogP contribution in [0.15, 0.2) is 46.9 Å². The van der Waals surface area contributed by atoms with Crippen LogP contribution in [0.1, 0.15) is 17.3 Å². The molecule has 0 aliphatic rings. The lowest BCUT2D eigenvalue weighted by Crippen LogP contribution is -2.35. The van der Waals surface area contributed by atoms with Gasteiger partial charge in [-0.25, -0.2) is 4.39 Å². The molecule has 0 unspecified atom stereocenters. The van der Waals surface area contributed by atoms with Gasteiger partial charge in [-0.05, 0) is 53.2 Å². The Kier molecular flexibility index (Phi) is 6.85. The van der Waals surface area contributed by atoms with Gasteiger partial charge >= 0.3 is 0 Å². The van der Waals surface area contributed by atoms with Crippen LogP contribution < -0.4 is 15.4 Å². The zero-order valence-electron chi connectivity index (χ0n) is 13.8. The molecule has 0 saturated heterocycles. The number of benzene rings is 2. The minimum absolute atomic E-state index is 0.0458. The molecule has 8 heteroatoms. The molecule has 26 heavy (non-hydrogen) atoms. The van der Waals surface area contributed by atoms with Gasteiger partial charge in [-0.1, -0.05) is 12.1 Å². The summed E-state index contributed by atoms with van der Waals surface area (Å²) >= 11 is 3.30. The summed E-state index contributed by atoms with van der Waals surface area (Å²) in [7, 11) is 0. The van der Waals surface area contributed by atoms with E-state index in [-0.39, 0.29) is 23.6 Å². The highest BCUT2D eigenvalue weighted by Crippen LogP contribution is 2.21. The van der Waals surface area contributed by atoms with Gasteiger partial charge in [0.1, 0.15) is 11.6 Å². The number of Topliss-reactive ketones (excluding diaryl/α,β-unsaturated/α-hetero) is 1. The molecule has 2 aromatic carbocycles. The monoisotopic (exact) mass is 422 g/mol. The third-order valence-electron chi connectivity index (χ3n) is 3.27. The predicted molar refractivity (Wildman–Crippen MR) is 97.7 cm³/mol. The number of hydrogen-bond acceptors (Lipinski definition) is 4. The van der Waals surface area contributed by atoms with Crippen LogP contribution in [0.2, 0.25) is 0 Å². The largest absolute Gasteiger partial charge is 0.483 e. The summed E-state index contributed by atoms with van der Waals surface area (Å²) in [6, 6.07) is 10.5. The molecule has 0 aliphatic carbocycles. The van der Waals surface area contributed by atoms with Crippen molar-refractivity contribution in [3.63, 3.8) is 0 Å². The number of carbonyl (C=O) groups is 3. The number of ether oxygens (including phenoxy) is 1. The first-order chi connectivity index (χ1) is 12.4. The van der Waals surface area contributed by atoms with Crippen LogP contribution in [-0.4, -0.2) is 30.7 Å². The molecule has 6 nitrogen and oxygen atoms in total. The van der Waals surface area contributed by atoms with E-state index in [9.17, 15) is 18.8 Å². The topological polar surface area (TPSA) is 84.5 Å². The molecule has 0 radical (unpaired) electrons. The van der Waals surface area contributed by atoms with E-state index in [4.69, 9.17) is 4.74 Å². The Morgan fingerprint density at radius 3 is 2.54 bits per heavy atom. The van der Waals surface area contributed by atoms with E-state index in [1.807, 2.05) is 6.07 Å². The van der Waals surface area contributed by atoms with Crippen LogP contribution in [0.25, 0.3) is 0 Å². The minimum atomic E-state index is -0.573. The third kappa shape index (κ3) is 5.66. The third-order valence-corrected chi connectivity index (χ3v) is 3.97. The number of amides is 2. The number of carbonyl (C=O) groups excluding carboxylic acids is 3. The van der Waals surface area contributed by atoms with Gasteiger partial charge in [0.15, 0.2) is 12.4 Å². The summed E-state index contributed by atoms with van der Waals surface area (Å²) in [5, 5.41) is 5.04. The molecule has 0 aliphatic heterocycles. The molecule has 0 spiro atoms. The van der Waals surface area contributed by atoms with Gasteiger partial charge in [-0.3, -0.25) is 14.4 Å². The molecular weight excluding hydrogens is 407 g/mol. The lowest BCUT2D eigenvalue weighted by atomic mass is 10.1. The van der Waals surface area contributed by atoms with Gasteiger partial charge in [0.2, 0.25) is 5.91 Å². The highest BCUT2D eigenvalue weighted by atomic mass is 79.9. The van der Waals surface area contributed by atoms with E-state index in [0.717, 1.165) is 16.6 Å². The molecule has 0 fully saturated rings. The molecule has 136 valence electrons. The second-order valence-electron chi connectivity index (χ2n) is 5.29. The maximum absolute atomic E-state index is 13.2. The summed E-state index contributed by atoms with van der Waals surface area (Å²) in [4.78, 5) is 35.1. The number of halogens is 2. The number of ketones is 1. The zero-order chi connectivity index (χ0) is 19.1. The van der Waals surface area contributed by atoms with E-state index in [1.165, 1.54) is 13.0 Å². The van der Waals surface area contributed by atoms with E-state index in [0.29, 0.717) is 5.69 Å². The average Bonchev–Trinajstić information content (AvgIpc) is 2.60. The Hall–Kier alpha value is -2.74. The smallest absolute Gasteiger partial charge is 0.258 e. The van der Waals surface area contributed by atoms with E-state index < -0.39 is 24.2 Å². The van der Waals surface area contributed by atoms with Crippen molar-refractivity contribution in [2.24, 2.45) is 0 Å². The Morgan fingerprint density at radius 1 is 1.12 bits per heavy atom. The molecule has 0 atom stereocenters. The van der Waals surface area contributed by atoms with E-state index in [1.54, 1.807) is 18.2 Å². The molecule has 0 heterocycles. The highest BCUT2D eigenvalue weighted by molar-refractivity contribution is 9.10. The molecule has 2 aromatic rings. The molecule has 0 aromatic heterocycles. The van der Waals surface area contributed by atoms with Crippen LogP contribution >= 0.6 is 15.9 Å². The molecule has 0 bridgehead atoms. The fourth-order valence-corrected chi connectivity index (χ4v) is 2.42. The Bertz CT molecular complexity index is 842. The number of nitrogens with one attached hydrogen (secondary N) is 2. The van der Waals surface area contributed by atoms with E-state index >= 15 is 0 Å². The minimum Gasteiger partial charge on any atom is -0.483 e. The van der Waals surface area contributed by atoms with Gasteiger partial charge in [0.05, 0.1) is 17.8 Å². The second kappa shape index (κ2) is 9.10. The maximum atomic E-state index is 13.2. The van der Waals surface area contributed by atoms with Crippen molar-refractivity contribution >= 4 is 39.2 Å². The second-order valence-corrected chi connectivity index (χ2v) is 6.14. The van der Waals surface area contributed by atoms with Crippen LogP contribution in [0.5, 0.6) is 5.75 Å². The van der Waals surface area contributed by atoms with Gasteiger partial charge < -0.3 is 15.4 Å². The molecular formula is C18H16BrFN2O4. The molecule has 0 saturated carbocycles. The van der Waals surface area contributed by atoms with E-state index in [2.05, 4.69) is 26.6 Å². The van der Waals surface area contributed by atoms with Crippen LogP contribution in [0.3, 0.4) is 0 Å². The normalized spacial score (nSPS) is 10.1. The van der Waals surface area contributed by atoms with Crippen molar-refractivity contribution in [3.05, 3.63) is 58.3 Å². The molecule has 2 N–H and O–H groups in total. The zero-order valence-corrected chi connectivity index (χ0v) is 15.4. The van der Waals surface area contributed by atoms with Crippen molar-refractivity contribution in [1.29, 1.82) is 0 Å². The summed E-state index contributed by atoms with van der Waals surface area (Å²) in [5.74, 6) is -1.81. The van der Waals surface area contributed by atoms with Crippen LogP contribution in [0, 0.1) is 5.82 Å². The number of para-hydroxylation sites is 1. The maximum Gasteiger partial charge on any atom is 0.258 e. The number of rotatable bonds is 7. The first-order valence-electron chi connectivity index (χ1n) is 7.61. The van der Waals surface area contributed by atoms with Crippen molar-refractivity contribution in [2.75, 3.05) is 18.5 Å². The molecule has 2 amide bonds. The Balaban J connectivity index is 1.83. The number of anilines is 1. The fourth-order valence-electron chi connectivity index (χ4n) is 2.03. The van der Waals surface area contributed by atoms with Crippen LogP contribution in [0.4, 0.5) is 10.1 Å². The van der Waals surface area contributed by atoms with Crippen molar-refractivity contribution in [3.8, 4) is 5.75 Å². The van der Waals surface area contributed by atoms with Crippen molar-refractivity contribution in [2.45, 2.75) is 6.92 Å². The first kappa shape index (κ1) is 19.6. The van der Waals surface area contributed by atoms with Gasteiger partial charge in [-0.15, -0.1) is 0 Å².